The van der Waals surface area contributed by atoms with Crippen LogP contribution in [-0.2, 0) is 0 Å². The molecule has 0 aromatic carbocycles. The maximum atomic E-state index is 13.1. The van der Waals surface area contributed by atoms with Crippen molar-refractivity contribution >= 4 is 15.9 Å². The second-order valence-corrected chi connectivity index (χ2v) is 4.91. The van der Waals surface area contributed by atoms with E-state index in [4.69, 9.17) is 0 Å². The lowest BCUT2D eigenvalue weighted by molar-refractivity contribution is 0.622. The zero-order chi connectivity index (χ0) is 11.8. The minimum atomic E-state index is -0.356. The van der Waals surface area contributed by atoms with E-state index in [-0.39, 0.29) is 5.82 Å². The van der Waals surface area contributed by atoms with Crippen LogP contribution in [-0.4, -0.2) is 15.0 Å². The molecule has 1 aliphatic rings. The van der Waals surface area contributed by atoms with Crippen LogP contribution >= 0.6 is 15.9 Å². The number of hydrogen-bond donors (Lipinski definition) is 0. The first kappa shape index (κ1) is 10.8. The van der Waals surface area contributed by atoms with Gasteiger partial charge in [-0.15, -0.1) is 0 Å². The Morgan fingerprint density at radius 3 is 2.71 bits per heavy atom. The fourth-order valence-corrected chi connectivity index (χ4v) is 2.06. The number of aromatic nitrogens is 3. The quantitative estimate of drug-likeness (QED) is 0.798. The average Bonchev–Trinajstić information content (AvgIpc) is 3.12. The zero-order valence-electron chi connectivity index (χ0n) is 8.90. The highest BCUT2D eigenvalue weighted by Crippen LogP contribution is 2.39. The van der Waals surface area contributed by atoms with Gasteiger partial charge in [0.2, 0.25) is 0 Å². The molecular formula is C12H9BrFN3. The minimum absolute atomic E-state index is 0.356. The van der Waals surface area contributed by atoms with E-state index in [1.807, 2.05) is 0 Å². The van der Waals surface area contributed by atoms with Crippen LogP contribution in [0.25, 0.3) is 11.3 Å². The molecule has 0 radical (unpaired) electrons. The molecule has 0 saturated heterocycles. The van der Waals surface area contributed by atoms with Crippen molar-refractivity contribution in [1.29, 1.82) is 0 Å². The van der Waals surface area contributed by atoms with Crippen LogP contribution in [0.1, 0.15) is 24.6 Å². The van der Waals surface area contributed by atoms with Gasteiger partial charge in [-0.1, -0.05) is 0 Å². The van der Waals surface area contributed by atoms with Crippen molar-refractivity contribution in [2.75, 3.05) is 0 Å². The molecule has 5 heteroatoms. The van der Waals surface area contributed by atoms with Gasteiger partial charge in [0, 0.05) is 17.7 Å². The van der Waals surface area contributed by atoms with Crippen molar-refractivity contribution in [3.63, 3.8) is 0 Å². The maximum absolute atomic E-state index is 13.1. The Morgan fingerprint density at radius 1 is 1.18 bits per heavy atom. The first-order valence-electron chi connectivity index (χ1n) is 5.38. The summed E-state index contributed by atoms with van der Waals surface area (Å²) in [4.78, 5) is 12.6. The number of rotatable bonds is 2. The molecule has 0 unspecified atom stereocenters. The largest absolute Gasteiger partial charge is 0.261 e. The summed E-state index contributed by atoms with van der Waals surface area (Å²) in [5, 5.41) is 0. The molecule has 0 N–H and O–H groups in total. The van der Waals surface area contributed by atoms with Crippen LogP contribution in [0.5, 0.6) is 0 Å². The first-order chi connectivity index (χ1) is 8.22. The van der Waals surface area contributed by atoms with E-state index in [2.05, 4.69) is 30.9 Å². The Labute approximate surface area is 106 Å². The summed E-state index contributed by atoms with van der Waals surface area (Å²) in [6.07, 6.45) is 5.06. The minimum Gasteiger partial charge on any atom is -0.261 e. The molecule has 0 spiro atoms. The van der Waals surface area contributed by atoms with Gasteiger partial charge in [-0.05, 0) is 40.9 Å². The highest BCUT2D eigenvalue weighted by Gasteiger charge is 2.27. The first-order valence-corrected chi connectivity index (χ1v) is 6.17. The number of pyridine rings is 1. The Kier molecular flexibility index (Phi) is 2.63. The zero-order valence-corrected chi connectivity index (χ0v) is 10.5. The fraction of sp³-hybridized carbons (Fsp3) is 0.250. The summed E-state index contributed by atoms with van der Waals surface area (Å²) >= 11 is 3.36. The lowest BCUT2D eigenvalue weighted by atomic mass is 10.2. The van der Waals surface area contributed by atoms with E-state index in [0.717, 1.165) is 23.3 Å². The molecule has 3 rings (SSSR count). The fourth-order valence-electron chi connectivity index (χ4n) is 1.66. The molecule has 2 heterocycles. The number of halogens is 2. The molecule has 1 fully saturated rings. The van der Waals surface area contributed by atoms with E-state index >= 15 is 0 Å². The third-order valence-electron chi connectivity index (χ3n) is 2.66. The van der Waals surface area contributed by atoms with Gasteiger partial charge in [0.25, 0.3) is 0 Å². The summed E-state index contributed by atoms with van der Waals surface area (Å²) in [5.74, 6) is 0.941. The van der Waals surface area contributed by atoms with E-state index in [1.165, 1.54) is 12.3 Å². The maximum Gasteiger partial charge on any atom is 0.142 e. The molecule has 3 nitrogen and oxygen atoms in total. The second-order valence-electron chi connectivity index (χ2n) is 4.10. The monoisotopic (exact) mass is 293 g/mol. The average molecular weight is 294 g/mol. The van der Waals surface area contributed by atoms with Crippen molar-refractivity contribution in [2.24, 2.45) is 0 Å². The Morgan fingerprint density at radius 2 is 2.00 bits per heavy atom. The molecule has 86 valence electrons. The third-order valence-corrected chi connectivity index (χ3v) is 3.06. The molecule has 0 amide bonds. The van der Waals surface area contributed by atoms with E-state index < -0.39 is 0 Å². The van der Waals surface area contributed by atoms with Crippen LogP contribution in [0.3, 0.4) is 0 Å². The van der Waals surface area contributed by atoms with Gasteiger partial charge in [0.1, 0.15) is 16.2 Å². The molecule has 17 heavy (non-hydrogen) atoms. The van der Waals surface area contributed by atoms with Crippen molar-refractivity contribution in [3.05, 3.63) is 40.8 Å². The molecule has 0 atom stereocenters. The van der Waals surface area contributed by atoms with Crippen LogP contribution < -0.4 is 0 Å². The topological polar surface area (TPSA) is 38.7 Å². The number of nitrogens with zero attached hydrogens (tertiary/aromatic N) is 3. The van der Waals surface area contributed by atoms with Gasteiger partial charge in [0.15, 0.2) is 0 Å². The van der Waals surface area contributed by atoms with Crippen molar-refractivity contribution < 1.29 is 4.39 Å². The van der Waals surface area contributed by atoms with Crippen LogP contribution in [0, 0.1) is 5.82 Å². The van der Waals surface area contributed by atoms with E-state index in [9.17, 15) is 4.39 Å². The van der Waals surface area contributed by atoms with E-state index in [1.54, 1.807) is 12.3 Å². The second kappa shape index (κ2) is 4.14. The highest BCUT2D eigenvalue weighted by atomic mass is 79.9. The molecule has 1 saturated carbocycles. The van der Waals surface area contributed by atoms with Gasteiger partial charge < -0.3 is 0 Å². The summed E-state index contributed by atoms with van der Waals surface area (Å²) in [5.41, 5.74) is 1.38. The van der Waals surface area contributed by atoms with Gasteiger partial charge in [-0.25, -0.2) is 14.4 Å². The van der Waals surface area contributed by atoms with Gasteiger partial charge in [-0.3, -0.25) is 4.98 Å². The summed E-state index contributed by atoms with van der Waals surface area (Å²) in [6.45, 7) is 0. The molecule has 1 aliphatic carbocycles. The smallest absolute Gasteiger partial charge is 0.142 e. The molecule has 2 aromatic rings. The molecule has 2 aromatic heterocycles. The Hall–Kier alpha value is -1.36. The van der Waals surface area contributed by atoms with E-state index in [0.29, 0.717) is 17.2 Å². The summed E-state index contributed by atoms with van der Waals surface area (Å²) < 4.78 is 13.8. The number of hydrogen-bond acceptors (Lipinski definition) is 3. The van der Waals surface area contributed by atoms with Crippen molar-refractivity contribution in [2.45, 2.75) is 18.8 Å². The van der Waals surface area contributed by atoms with Crippen LogP contribution in [0.2, 0.25) is 0 Å². The third kappa shape index (κ3) is 2.34. The molecule has 0 bridgehead atoms. The van der Waals surface area contributed by atoms with Gasteiger partial charge in [0.05, 0.1) is 11.9 Å². The Bertz CT molecular complexity index is 569. The van der Waals surface area contributed by atoms with Crippen molar-refractivity contribution in [3.8, 4) is 11.3 Å². The predicted octanol–water partition coefficient (Wildman–Crippen LogP) is 3.32. The lowest BCUT2D eigenvalue weighted by Crippen LogP contribution is -1.96. The molecule has 0 aliphatic heterocycles. The Balaban J connectivity index is 2.07. The van der Waals surface area contributed by atoms with Gasteiger partial charge in [-0.2, -0.15) is 0 Å². The molecular weight excluding hydrogens is 285 g/mol. The van der Waals surface area contributed by atoms with Crippen LogP contribution in [0.4, 0.5) is 4.39 Å². The standard InChI is InChI=1S/C12H9BrFN3/c13-11-4-10(8-3-9(14)6-15-5-8)16-12(17-11)7-1-2-7/h3-7H,1-2H2. The van der Waals surface area contributed by atoms with Gasteiger partial charge >= 0.3 is 0 Å². The normalized spacial score (nSPS) is 14.9. The van der Waals surface area contributed by atoms with Crippen molar-refractivity contribution in [1.82, 2.24) is 15.0 Å². The van der Waals surface area contributed by atoms with Crippen LogP contribution in [0.15, 0.2) is 29.1 Å². The highest BCUT2D eigenvalue weighted by molar-refractivity contribution is 9.10. The predicted molar refractivity (Wildman–Crippen MR) is 64.9 cm³/mol. The summed E-state index contributed by atoms with van der Waals surface area (Å²) in [7, 11) is 0. The SMILES string of the molecule is Fc1cncc(-c2cc(Br)nc(C3CC3)n2)c1. The lowest BCUT2D eigenvalue weighted by Gasteiger charge is -2.04. The summed E-state index contributed by atoms with van der Waals surface area (Å²) in [6, 6.07) is 3.21.